The lowest BCUT2D eigenvalue weighted by Crippen LogP contribution is -2.28. The summed E-state index contributed by atoms with van der Waals surface area (Å²) in [7, 11) is 1.63. The highest BCUT2D eigenvalue weighted by molar-refractivity contribution is 5.76. The molecule has 0 aromatic heterocycles. The van der Waals surface area contributed by atoms with Gasteiger partial charge in [-0.2, -0.15) is 0 Å². The number of nitrogens with zero attached hydrogens (tertiary/aromatic N) is 1. The normalized spacial score (nSPS) is 15.6. The second kappa shape index (κ2) is 7.67. The average molecular weight is 287 g/mol. The molecule has 0 unspecified atom stereocenters. The molecule has 21 heavy (non-hydrogen) atoms. The Balaban J connectivity index is 2.10. The second-order valence-electron chi connectivity index (χ2n) is 4.92. The molecule has 0 spiro atoms. The molecule has 1 aromatic carbocycles. The van der Waals surface area contributed by atoms with Gasteiger partial charge < -0.3 is 15.8 Å². The van der Waals surface area contributed by atoms with Crippen LogP contribution in [0.3, 0.4) is 0 Å². The van der Waals surface area contributed by atoms with Crippen LogP contribution in [0.2, 0.25) is 0 Å². The molecule has 1 fully saturated rings. The van der Waals surface area contributed by atoms with E-state index >= 15 is 0 Å². The van der Waals surface area contributed by atoms with Gasteiger partial charge in [-0.1, -0.05) is 17.9 Å². The molecule has 1 amide bonds. The van der Waals surface area contributed by atoms with Crippen molar-refractivity contribution < 1.29 is 9.53 Å². The Bertz CT molecular complexity index is 560. The lowest BCUT2D eigenvalue weighted by molar-refractivity contribution is -0.120. The van der Waals surface area contributed by atoms with E-state index in [2.05, 4.69) is 22.1 Å². The van der Waals surface area contributed by atoms with Crippen molar-refractivity contribution in [3.63, 3.8) is 0 Å². The van der Waals surface area contributed by atoms with Crippen molar-refractivity contribution in [2.24, 2.45) is 5.73 Å². The first kappa shape index (κ1) is 15.4. The molecule has 1 saturated heterocycles. The summed E-state index contributed by atoms with van der Waals surface area (Å²) >= 11 is 0. The van der Waals surface area contributed by atoms with E-state index in [9.17, 15) is 4.79 Å². The minimum atomic E-state index is 0.127. The van der Waals surface area contributed by atoms with Crippen molar-refractivity contribution >= 4 is 5.91 Å². The summed E-state index contributed by atoms with van der Waals surface area (Å²) in [6.45, 7) is 3.47. The maximum Gasteiger partial charge on any atom is 0.221 e. The van der Waals surface area contributed by atoms with Crippen LogP contribution in [-0.4, -0.2) is 44.1 Å². The van der Waals surface area contributed by atoms with Gasteiger partial charge in [0.2, 0.25) is 5.91 Å². The first-order valence-electron chi connectivity index (χ1n) is 7.08. The number of ether oxygens (including phenoxy) is 1. The molecule has 2 rings (SSSR count). The molecule has 0 bridgehead atoms. The summed E-state index contributed by atoms with van der Waals surface area (Å²) in [5, 5.41) is 2.88. The highest BCUT2D eigenvalue weighted by Gasteiger charge is 2.14. The van der Waals surface area contributed by atoms with E-state index < -0.39 is 0 Å². The van der Waals surface area contributed by atoms with Crippen LogP contribution in [0.5, 0.6) is 5.75 Å². The SMILES string of the molecule is COc1ccc(CN2CCNC(=O)CC2)cc1C#CCN. The largest absolute Gasteiger partial charge is 0.495 e. The van der Waals surface area contributed by atoms with Gasteiger partial charge in [0.15, 0.2) is 0 Å². The number of rotatable bonds is 3. The van der Waals surface area contributed by atoms with Gasteiger partial charge in [0.25, 0.3) is 0 Å². The van der Waals surface area contributed by atoms with Crippen LogP contribution in [0, 0.1) is 11.8 Å². The molecule has 0 radical (unpaired) electrons. The zero-order chi connectivity index (χ0) is 15.1. The van der Waals surface area contributed by atoms with Crippen LogP contribution in [0.1, 0.15) is 17.5 Å². The van der Waals surface area contributed by atoms with E-state index in [0.29, 0.717) is 19.5 Å². The molecule has 5 nitrogen and oxygen atoms in total. The molecule has 0 aliphatic carbocycles. The van der Waals surface area contributed by atoms with Crippen LogP contribution in [0.25, 0.3) is 0 Å². The van der Waals surface area contributed by atoms with Gasteiger partial charge in [0.1, 0.15) is 5.75 Å². The monoisotopic (exact) mass is 287 g/mol. The first-order valence-corrected chi connectivity index (χ1v) is 7.08. The molecule has 1 aromatic rings. The van der Waals surface area contributed by atoms with E-state index in [0.717, 1.165) is 36.5 Å². The van der Waals surface area contributed by atoms with Crippen molar-refractivity contribution in [2.45, 2.75) is 13.0 Å². The number of carbonyl (C=O) groups excluding carboxylic acids is 1. The second-order valence-corrected chi connectivity index (χ2v) is 4.92. The highest BCUT2D eigenvalue weighted by Crippen LogP contribution is 2.20. The molecule has 5 heteroatoms. The highest BCUT2D eigenvalue weighted by atomic mass is 16.5. The standard InChI is InChI=1S/C16H21N3O2/c1-21-15-5-4-13(11-14(15)3-2-7-17)12-19-9-6-16(20)18-8-10-19/h4-5,11H,6-10,12,17H2,1H3,(H,18,20). The van der Waals surface area contributed by atoms with Crippen molar-refractivity contribution in [3.05, 3.63) is 29.3 Å². The Morgan fingerprint density at radius 2 is 2.29 bits per heavy atom. The van der Waals surface area contributed by atoms with Gasteiger partial charge in [-0.25, -0.2) is 0 Å². The van der Waals surface area contributed by atoms with E-state index in [-0.39, 0.29) is 5.91 Å². The van der Waals surface area contributed by atoms with Crippen LogP contribution < -0.4 is 15.8 Å². The van der Waals surface area contributed by atoms with Gasteiger partial charge >= 0.3 is 0 Å². The molecule has 1 aliphatic heterocycles. The smallest absolute Gasteiger partial charge is 0.221 e. The summed E-state index contributed by atoms with van der Waals surface area (Å²) in [6.07, 6.45) is 0.552. The maximum absolute atomic E-state index is 11.4. The number of hydrogen-bond donors (Lipinski definition) is 2. The van der Waals surface area contributed by atoms with Crippen LogP contribution in [-0.2, 0) is 11.3 Å². The Labute approximate surface area is 125 Å². The molecule has 1 aliphatic rings. The van der Waals surface area contributed by atoms with Gasteiger partial charge in [-0.15, -0.1) is 0 Å². The molecule has 3 N–H and O–H groups in total. The lowest BCUT2D eigenvalue weighted by Gasteiger charge is -2.19. The van der Waals surface area contributed by atoms with E-state index in [1.807, 2.05) is 18.2 Å². The Hall–Kier alpha value is -2.03. The molecular formula is C16H21N3O2. The van der Waals surface area contributed by atoms with Gasteiger partial charge in [0, 0.05) is 32.6 Å². The van der Waals surface area contributed by atoms with Crippen molar-refractivity contribution in [3.8, 4) is 17.6 Å². The van der Waals surface area contributed by atoms with Crippen molar-refractivity contribution in [1.82, 2.24) is 10.2 Å². The fourth-order valence-corrected chi connectivity index (χ4v) is 2.33. The number of hydrogen-bond acceptors (Lipinski definition) is 4. The average Bonchev–Trinajstić information content (AvgIpc) is 2.70. The van der Waals surface area contributed by atoms with Crippen LogP contribution in [0.15, 0.2) is 18.2 Å². The van der Waals surface area contributed by atoms with Gasteiger partial charge in [0.05, 0.1) is 19.2 Å². The fraction of sp³-hybridized carbons (Fsp3) is 0.438. The van der Waals surface area contributed by atoms with Gasteiger partial charge in [-0.05, 0) is 17.7 Å². The number of nitrogens with two attached hydrogens (primary N) is 1. The molecule has 112 valence electrons. The zero-order valence-corrected chi connectivity index (χ0v) is 12.3. The quantitative estimate of drug-likeness (QED) is 0.786. The van der Waals surface area contributed by atoms with Crippen LogP contribution >= 0.6 is 0 Å². The lowest BCUT2D eigenvalue weighted by atomic mass is 10.1. The van der Waals surface area contributed by atoms with E-state index in [4.69, 9.17) is 10.5 Å². The number of carbonyl (C=O) groups is 1. The van der Waals surface area contributed by atoms with E-state index in [1.54, 1.807) is 7.11 Å². The maximum atomic E-state index is 11.4. The molecular weight excluding hydrogens is 266 g/mol. The third-order valence-corrected chi connectivity index (χ3v) is 3.40. The summed E-state index contributed by atoms with van der Waals surface area (Å²) in [6, 6.07) is 5.99. The number of methoxy groups -OCH3 is 1. The summed E-state index contributed by atoms with van der Waals surface area (Å²) in [4.78, 5) is 13.6. The molecule has 0 saturated carbocycles. The number of amides is 1. The number of benzene rings is 1. The minimum Gasteiger partial charge on any atom is -0.495 e. The molecule has 0 atom stereocenters. The molecule has 1 heterocycles. The van der Waals surface area contributed by atoms with Crippen molar-refractivity contribution in [1.29, 1.82) is 0 Å². The predicted molar refractivity (Wildman–Crippen MR) is 81.8 cm³/mol. The number of nitrogens with one attached hydrogen (secondary N) is 1. The Morgan fingerprint density at radius 1 is 1.43 bits per heavy atom. The van der Waals surface area contributed by atoms with Crippen LogP contribution in [0.4, 0.5) is 0 Å². The summed E-state index contributed by atoms with van der Waals surface area (Å²) < 4.78 is 5.31. The zero-order valence-electron chi connectivity index (χ0n) is 12.3. The Kier molecular flexibility index (Phi) is 5.61. The first-order chi connectivity index (χ1) is 10.2. The van der Waals surface area contributed by atoms with Crippen molar-refractivity contribution in [2.75, 3.05) is 33.3 Å². The summed E-state index contributed by atoms with van der Waals surface area (Å²) in [5.74, 6) is 6.77. The third-order valence-electron chi connectivity index (χ3n) is 3.40. The topological polar surface area (TPSA) is 67.6 Å². The Morgan fingerprint density at radius 3 is 3.05 bits per heavy atom. The fourth-order valence-electron chi connectivity index (χ4n) is 2.33. The summed E-state index contributed by atoms with van der Waals surface area (Å²) in [5.41, 5.74) is 7.43. The van der Waals surface area contributed by atoms with Gasteiger partial charge in [-0.3, -0.25) is 9.69 Å². The third kappa shape index (κ3) is 4.48. The van der Waals surface area contributed by atoms with E-state index in [1.165, 1.54) is 0 Å². The predicted octanol–water partition coefficient (Wildman–Crippen LogP) is 0.327. The minimum absolute atomic E-state index is 0.127.